The van der Waals surface area contributed by atoms with E-state index in [9.17, 15) is 0 Å². The highest BCUT2D eigenvalue weighted by atomic mass is 35.5. The molecule has 133 valence electrons. The number of ether oxygens (including phenoxy) is 1. The summed E-state index contributed by atoms with van der Waals surface area (Å²) in [5.41, 5.74) is 1.15. The summed E-state index contributed by atoms with van der Waals surface area (Å²) in [5, 5.41) is 4.30. The minimum atomic E-state index is 0.432. The first kappa shape index (κ1) is 18.0. The van der Waals surface area contributed by atoms with Crippen LogP contribution in [0.25, 0.3) is 0 Å². The van der Waals surface area contributed by atoms with Crippen molar-refractivity contribution in [1.29, 1.82) is 0 Å². The Morgan fingerprint density at radius 3 is 2.67 bits per heavy atom. The normalized spacial score (nSPS) is 19.0. The summed E-state index contributed by atoms with van der Waals surface area (Å²) < 4.78 is 6.06. The number of halogens is 1. The Kier molecular flexibility index (Phi) is 7.25. The highest BCUT2D eigenvalue weighted by Gasteiger charge is 2.20. The van der Waals surface area contributed by atoms with Crippen LogP contribution in [0.1, 0.15) is 44.9 Å². The van der Waals surface area contributed by atoms with Crippen molar-refractivity contribution in [2.24, 2.45) is 5.92 Å². The molecule has 2 aliphatic rings. The Balaban J connectivity index is 1.20. The summed E-state index contributed by atoms with van der Waals surface area (Å²) in [5.74, 6) is 0.990. The van der Waals surface area contributed by atoms with Gasteiger partial charge in [0.1, 0.15) is 0 Å². The predicted molar refractivity (Wildman–Crippen MR) is 101 cm³/mol. The number of nitrogens with one attached hydrogen (secondary N) is 1. The molecule has 0 amide bonds. The van der Waals surface area contributed by atoms with E-state index < -0.39 is 0 Å². The molecule has 1 N–H and O–H groups in total. The molecular weight excluding hydrogens is 320 g/mol. The van der Waals surface area contributed by atoms with Crippen molar-refractivity contribution in [3.8, 4) is 0 Å². The lowest BCUT2D eigenvalue weighted by molar-refractivity contribution is 0.0348. The molecule has 0 aromatic heterocycles. The van der Waals surface area contributed by atoms with Crippen LogP contribution in [0.5, 0.6) is 0 Å². The van der Waals surface area contributed by atoms with Crippen molar-refractivity contribution < 1.29 is 4.74 Å². The van der Waals surface area contributed by atoms with Crippen molar-refractivity contribution in [2.75, 3.05) is 37.7 Å². The maximum Gasteiger partial charge on any atom is 0.0608 e. The number of hydrogen-bond acceptors (Lipinski definition) is 3. The van der Waals surface area contributed by atoms with Gasteiger partial charge < -0.3 is 15.0 Å². The second kappa shape index (κ2) is 9.65. The third-order valence-electron chi connectivity index (χ3n) is 5.02. The highest BCUT2D eigenvalue weighted by molar-refractivity contribution is 6.30. The molecule has 1 radical (unpaired) electrons. The van der Waals surface area contributed by atoms with E-state index in [0.29, 0.717) is 6.10 Å². The van der Waals surface area contributed by atoms with E-state index in [-0.39, 0.29) is 0 Å². The molecular formula is C20H30ClN2O. The molecule has 1 saturated carbocycles. The minimum absolute atomic E-state index is 0.432. The molecule has 3 rings (SSSR count). The van der Waals surface area contributed by atoms with E-state index >= 15 is 0 Å². The van der Waals surface area contributed by atoms with Crippen molar-refractivity contribution in [3.05, 3.63) is 29.3 Å². The third kappa shape index (κ3) is 6.27. The van der Waals surface area contributed by atoms with E-state index in [1.54, 1.807) is 0 Å². The zero-order valence-electron chi connectivity index (χ0n) is 14.6. The van der Waals surface area contributed by atoms with Gasteiger partial charge in [-0.2, -0.15) is 0 Å². The molecule has 0 unspecified atom stereocenters. The summed E-state index contributed by atoms with van der Waals surface area (Å²) >= 11 is 5.93. The molecule has 0 spiro atoms. The van der Waals surface area contributed by atoms with Gasteiger partial charge in [0, 0.05) is 36.5 Å². The van der Waals surface area contributed by atoms with E-state index in [2.05, 4.69) is 22.3 Å². The Morgan fingerprint density at radius 1 is 1.12 bits per heavy atom. The van der Waals surface area contributed by atoms with Crippen LogP contribution in [0.15, 0.2) is 18.2 Å². The summed E-state index contributed by atoms with van der Waals surface area (Å²) in [7, 11) is 0. The first-order valence-electron chi connectivity index (χ1n) is 9.56. The minimum Gasteiger partial charge on any atom is -0.378 e. The number of hydrogen-bond donors (Lipinski definition) is 1. The fourth-order valence-corrected chi connectivity index (χ4v) is 3.38. The van der Waals surface area contributed by atoms with Gasteiger partial charge in [-0.3, -0.25) is 0 Å². The van der Waals surface area contributed by atoms with Crippen molar-refractivity contribution >= 4 is 17.3 Å². The highest BCUT2D eigenvalue weighted by Crippen LogP contribution is 2.27. The van der Waals surface area contributed by atoms with Crippen LogP contribution in [-0.2, 0) is 4.74 Å². The molecule has 0 atom stereocenters. The molecule has 1 aromatic rings. The average molecular weight is 350 g/mol. The molecule has 1 saturated heterocycles. The lowest BCUT2D eigenvalue weighted by atomic mass is 10.1. The Morgan fingerprint density at radius 2 is 1.96 bits per heavy atom. The molecule has 1 aromatic carbocycles. The zero-order chi connectivity index (χ0) is 16.6. The van der Waals surface area contributed by atoms with Crippen LogP contribution >= 0.6 is 11.6 Å². The monoisotopic (exact) mass is 349 g/mol. The first-order chi connectivity index (χ1) is 11.8. The van der Waals surface area contributed by atoms with E-state index in [1.807, 2.05) is 12.1 Å². The van der Waals surface area contributed by atoms with Crippen LogP contribution in [0, 0.1) is 12.0 Å². The van der Waals surface area contributed by atoms with Gasteiger partial charge in [0.25, 0.3) is 0 Å². The predicted octanol–water partition coefficient (Wildman–Crippen LogP) is 4.30. The second-order valence-electron chi connectivity index (χ2n) is 7.16. The smallest absolute Gasteiger partial charge is 0.0608 e. The van der Waals surface area contributed by atoms with Gasteiger partial charge in [-0.15, -0.1) is 0 Å². The second-order valence-corrected chi connectivity index (χ2v) is 7.59. The Labute approximate surface area is 151 Å². The van der Waals surface area contributed by atoms with Crippen LogP contribution < -0.4 is 10.2 Å². The molecule has 3 nitrogen and oxygen atoms in total. The first-order valence-corrected chi connectivity index (χ1v) is 9.93. The van der Waals surface area contributed by atoms with Gasteiger partial charge in [-0.05, 0) is 82.2 Å². The van der Waals surface area contributed by atoms with Gasteiger partial charge in [-0.25, -0.2) is 0 Å². The molecule has 0 bridgehead atoms. The molecule has 1 aliphatic heterocycles. The van der Waals surface area contributed by atoms with Crippen molar-refractivity contribution in [2.45, 2.75) is 51.0 Å². The standard InChI is InChI=1S/C20H30ClN2O/c21-18-6-8-19(9-7-18)23-13-10-20(11-14-23)24-15-3-1-2-12-22-16-17-4-5-17/h6-8,17,20,22H,1-5,10-16H2. The molecule has 2 fully saturated rings. The van der Waals surface area contributed by atoms with Gasteiger partial charge >= 0.3 is 0 Å². The summed E-state index contributed by atoms with van der Waals surface area (Å²) in [6.45, 7) is 5.43. The maximum atomic E-state index is 6.06. The molecule has 24 heavy (non-hydrogen) atoms. The SMILES string of the molecule is Clc1c[c]c(N2CCC(OCCCCCNCC3CC3)CC2)cc1. The summed E-state index contributed by atoms with van der Waals surface area (Å²) in [6.07, 6.45) is 9.28. The van der Waals surface area contributed by atoms with Crippen LogP contribution in [0.3, 0.4) is 0 Å². The van der Waals surface area contributed by atoms with Crippen LogP contribution in [0.4, 0.5) is 5.69 Å². The van der Waals surface area contributed by atoms with Crippen molar-refractivity contribution in [1.82, 2.24) is 5.32 Å². The van der Waals surface area contributed by atoms with Crippen molar-refractivity contribution in [3.63, 3.8) is 0 Å². The third-order valence-corrected chi connectivity index (χ3v) is 5.26. The van der Waals surface area contributed by atoms with E-state index in [0.717, 1.165) is 49.2 Å². The Bertz CT molecular complexity index is 467. The van der Waals surface area contributed by atoms with Gasteiger partial charge in [0.05, 0.1) is 6.10 Å². The topological polar surface area (TPSA) is 24.5 Å². The fraction of sp³-hybridized carbons (Fsp3) is 0.700. The number of rotatable bonds is 10. The lowest BCUT2D eigenvalue weighted by Crippen LogP contribution is -2.37. The van der Waals surface area contributed by atoms with Crippen LogP contribution in [-0.4, -0.2) is 38.9 Å². The van der Waals surface area contributed by atoms with Gasteiger partial charge in [0.15, 0.2) is 0 Å². The fourth-order valence-electron chi connectivity index (χ4n) is 3.26. The lowest BCUT2D eigenvalue weighted by Gasteiger charge is -2.33. The summed E-state index contributed by atoms with van der Waals surface area (Å²) in [6, 6.07) is 9.10. The average Bonchev–Trinajstić information content (AvgIpc) is 3.43. The number of nitrogens with zero attached hydrogens (tertiary/aromatic N) is 1. The molecule has 4 heteroatoms. The molecule has 1 aliphatic carbocycles. The number of benzene rings is 1. The largest absolute Gasteiger partial charge is 0.378 e. The van der Waals surface area contributed by atoms with Gasteiger partial charge in [0.2, 0.25) is 0 Å². The number of anilines is 1. The van der Waals surface area contributed by atoms with E-state index in [4.69, 9.17) is 16.3 Å². The Hall–Kier alpha value is -0.770. The number of unbranched alkanes of at least 4 members (excludes halogenated alkanes) is 2. The van der Waals surface area contributed by atoms with Crippen LogP contribution in [0.2, 0.25) is 5.02 Å². The number of piperidine rings is 1. The quantitative estimate of drug-likeness (QED) is 0.637. The maximum absolute atomic E-state index is 6.06. The molecule has 1 heterocycles. The zero-order valence-corrected chi connectivity index (χ0v) is 15.4. The van der Waals surface area contributed by atoms with Gasteiger partial charge in [-0.1, -0.05) is 11.6 Å². The van der Waals surface area contributed by atoms with E-state index in [1.165, 1.54) is 45.2 Å². The summed E-state index contributed by atoms with van der Waals surface area (Å²) in [4.78, 5) is 2.38.